The van der Waals surface area contributed by atoms with Crippen LogP contribution in [0.4, 0.5) is 0 Å². The van der Waals surface area contributed by atoms with Crippen molar-refractivity contribution in [3.8, 4) is 23.1 Å². The second kappa shape index (κ2) is 6.29. The predicted molar refractivity (Wildman–Crippen MR) is 88.8 cm³/mol. The maximum atomic E-state index is 5.64. The molecule has 1 aliphatic heterocycles. The SMILES string of the molecule is Brc1cc2c(cc1CSc1nnc(-c3ccc[nH]3)o1)OCCO2. The molecule has 0 radical (unpaired) electrons. The van der Waals surface area contributed by atoms with E-state index < -0.39 is 0 Å². The molecule has 0 fully saturated rings. The number of aromatic nitrogens is 3. The molecular formula is C15H12BrN3O3S. The van der Waals surface area contributed by atoms with Crippen LogP contribution in [0.25, 0.3) is 11.6 Å². The van der Waals surface area contributed by atoms with E-state index in [1.165, 1.54) is 11.8 Å². The molecule has 0 saturated heterocycles. The van der Waals surface area contributed by atoms with E-state index in [1.54, 1.807) is 0 Å². The Morgan fingerprint density at radius 1 is 1.17 bits per heavy atom. The average molecular weight is 394 g/mol. The first kappa shape index (κ1) is 14.6. The van der Waals surface area contributed by atoms with Crippen LogP contribution in [-0.4, -0.2) is 28.4 Å². The third kappa shape index (κ3) is 3.09. The number of hydrogen-bond acceptors (Lipinski definition) is 6. The predicted octanol–water partition coefficient (Wildman–Crippen LogP) is 3.89. The Labute approximate surface area is 144 Å². The van der Waals surface area contributed by atoms with E-state index >= 15 is 0 Å². The summed E-state index contributed by atoms with van der Waals surface area (Å²) in [6.45, 7) is 1.15. The molecule has 1 aromatic carbocycles. The molecule has 0 bridgehead atoms. The smallest absolute Gasteiger partial charge is 0.277 e. The lowest BCUT2D eigenvalue weighted by molar-refractivity contribution is 0.171. The quantitative estimate of drug-likeness (QED) is 0.677. The van der Waals surface area contributed by atoms with E-state index in [0.29, 0.717) is 30.1 Å². The molecule has 0 unspecified atom stereocenters. The fourth-order valence-electron chi connectivity index (χ4n) is 2.20. The summed E-state index contributed by atoms with van der Waals surface area (Å²) in [5.41, 5.74) is 1.89. The highest BCUT2D eigenvalue weighted by molar-refractivity contribution is 9.10. The van der Waals surface area contributed by atoms with E-state index in [2.05, 4.69) is 31.1 Å². The average Bonchev–Trinajstić information content (AvgIpc) is 3.24. The van der Waals surface area contributed by atoms with Crippen LogP contribution in [0.15, 0.2) is 44.6 Å². The number of H-pyrrole nitrogens is 1. The molecule has 8 heteroatoms. The molecule has 6 nitrogen and oxygen atoms in total. The zero-order valence-electron chi connectivity index (χ0n) is 11.9. The summed E-state index contributed by atoms with van der Waals surface area (Å²) in [6.07, 6.45) is 1.82. The van der Waals surface area contributed by atoms with Crippen molar-refractivity contribution in [1.82, 2.24) is 15.2 Å². The Kier molecular flexibility index (Phi) is 4.00. The molecule has 0 atom stereocenters. The van der Waals surface area contributed by atoms with Crippen LogP contribution in [0.2, 0.25) is 0 Å². The van der Waals surface area contributed by atoms with Crippen LogP contribution in [0, 0.1) is 0 Å². The number of ether oxygens (including phenoxy) is 2. The molecule has 0 aliphatic carbocycles. The van der Waals surface area contributed by atoms with Crippen LogP contribution in [0.1, 0.15) is 5.56 Å². The van der Waals surface area contributed by atoms with Crippen LogP contribution < -0.4 is 9.47 Å². The Bertz CT molecular complexity index is 819. The minimum atomic E-state index is 0.485. The minimum Gasteiger partial charge on any atom is -0.486 e. The highest BCUT2D eigenvalue weighted by atomic mass is 79.9. The summed E-state index contributed by atoms with van der Waals surface area (Å²) in [4.78, 5) is 3.04. The fourth-order valence-corrected chi connectivity index (χ4v) is 3.60. The Balaban J connectivity index is 1.49. The molecule has 1 N–H and O–H groups in total. The van der Waals surface area contributed by atoms with Gasteiger partial charge in [-0.15, -0.1) is 10.2 Å². The van der Waals surface area contributed by atoms with Gasteiger partial charge < -0.3 is 18.9 Å². The normalized spacial score (nSPS) is 13.3. The second-order valence-corrected chi connectivity index (χ2v) is 6.61. The van der Waals surface area contributed by atoms with E-state index in [4.69, 9.17) is 13.9 Å². The summed E-state index contributed by atoms with van der Waals surface area (Å²) < 4.78 is 17.8. The second-order valence-electron chi connectivity index (χ2n) is 4.83. The van der Waals surface area contributed by atoms with Crippen molar-refractivity contribution in [3.05, 3.63) is 40.5 Å². The van der Waals surface area contributed by atoms with E-state index in [-0.39, 0.29) is 0 Å². The standard InChI is InChI=1S/C15H12BrN3O3S/c16-10-7-13-12(20-4-5-21-13)6-9(10)8-23-15-19-18-14(22-15)11-2-1-3-17-11/h1-3,6-7,17H,4-5,8H2. The molecule has 3 heterocycles. The number of fused-ring (bicyclic) bond motifs is 1. The maximum Gasteiger partial charge on any atom is 0.277 e. The monoisotopic (exact) mass is 393 g/mol. The molecular weight excluding hydrogens is 382 g/mol. The maximum absolute atomic E-state index is 5.64. The number of halogens is 1. The van der Waals surface area contributed by atoms with Gasteiger partial charge in [0.1, 0.15) is 18.9 Å². The number of thioether (sulfide) groups is 1. The van der Waals surface area contributed by atoms with Crippen molar-refractivity contribution in [1.29, 1.82) is 0 Å². The first-order valence-corrected chi connectivity index (χ1v) is 8.75. The van der Waals surface area contributed by atoms with Crippen molar-refractivity contribution in [2.24, 2.45) is 0 Å². The van der Waals surface area contributed by atoms with Gasteiger partial charge in [-0.05, 0) is 29.8 Å². The molecule has 4 rings (SSSR count). The van der Waals surface area contributed by atoms with Gasteiger partial charge in [0.05, 0.1) is 0 Å². The minimum absolute atomic E-state index is 0.485. The molecule has 23 heavy (non-hydrogen) atoms. The van der Waals surface area contributed by atoms with Gasteiger partial charge in [0.2, 0.25) is 0 Å². The number of aromatic amines is 1. The third-order valence-electron chi connectivity index (χ3n) is 3.30. The lowest BCUT2D eigenvalue weighted by Crippen LogP contribution is -2.15. The number of hydrogen-bond donors (Lipinski definition) is 1. The van der Waals surface area contributed by atoms with Crippen molar-refractivity contribution < 1.29 is 13.9 Å². The number of nitrogens with zero attached hydrogens (tertiary/aromatic N) is 2. The molecule has 0 amide bonds. The molecule has 3 aromatic rings. The largest absolute Gasteiger partial charge is 0.486 e. The molecule has 118 valence electrons. The van der Waals surface area contributed by atoms with Crippen LogP contribution in [0.3, 0.4) is 0 Å². The summed E-state index contributed by atoms with van der Waals surface area (Å²) in [5.74, 6) is 2.71. The fraction of sp³-hybridized carbons (Fsp3) is 0.200. The topological polar surface area (TPSA) is 73.2 Å². The van der Waals surface area contributed by atoms with Gasteiger partial charge in [-0.25, -0.2) is 0 Å². The van der Waals surface area contributed by atoms with Crippen LogP contribution in [0.5, 0.6) is 11.5 Å². The number of rotatable bonds is 4. The zero-order valence-corrected chi connectivity index (χ0v) is 14.3. The number of nitrogens with one attached hydrogen (secondary N) is 1. The lowest BCUT2D eigenvalue weighted by Gasteiger charge is -2.19. The highest BCUT2D eigenvalue weighted by Crippen LogP contribution is 2.37. The van der Waals surface area contributed by atoms with Gasteiger partial charge in [0.15, 0.2) is 11.5 Å². The highest BCUT2D eigenvalue weighted by Gasteiger charge is 2.16. The summed E-state index contributed by atoms with van der Waals surface area (Å²) in [7, 11) is 0. The van der Waals surface area contributed by atoms with Crippen LogP contribution in [-0.2, 0) is 5.75 Å². The van der Waals surface area contributed by atoms with Crippen molar-refractivity contribution in [3.63, 3.8) is 0 Å². The van der Waals surface area contributed by atoms with E-state index in [0.717, 1.165) is 27.2 Å². The zero-order chi connectivity index (χ0) is 15.6. The Morgan fingerprint density at radius 2 is 2.00 bits per heavy atom. The summed E-state index contributed by atoms with van der Waals surface area (Å²) in [5, 5.41) is 8.62. The molecule has 0 spiro atoms. The summed E-state index contributed by atoms with van der Waals surface area (Å²) in [6, 6.07) is 7.69. The van der Waals surface area contributed by atoms with Gasteiger partial charge in [-0.2, -0.15) is 0 Å². The first-order chi connectivity index (χ1) is 11.3. The van der Waals surface area contributed by atoms with E-state index in [1.807, 2.05) is 30.5 Å². The van der Waals surface area contributed by atoms with E-state index in [9.17, 15) is 0 Å². The van der Waals surface area contributed by atoms with Gasteiger partial charge >= 0.3 is 0 Å². The molecule has 2 aromatic heterocycles. The number of benzene rings is 1. The lowest BCUT2D eigenvalue weighted by atomic mass is 10.2. The van der Waals surface area contributed by atoms with Crippen molar-refractivity contribution in [2.45, 2.75) is 11.0 Å². The molecule has 1 aliphatic rings. The van der Waals surface area contributed by atoms with Gasteiger partial charge in [-0.1, -0.05) is 27.7 Å². The van der Waals surface area contributed by atoms with Crippen molar-refractivity contribution >= 4 is 27.7 Å². The van der Waals surface area contributed by atoms with Crippen molar-refractivity contribution in [2.75, 3.05) is 13.2 Å². The third-order valence-corrected chi connectivity index (χ3v) is 4.90. The summed E-state index contributed by atoms with van der Waals surface area (Å²) >= 11 is 5.04. The van der Waals surface area contributed by atoms with Gasteiger partial charge in [0.25, 0.3) is 11.1 Å². The Hall–Kier alpha value is -1.93. The van der Waals surface area contributed by atoms with Gasteiger partial charge in [-0.3, -0.25) is 0 Å². The van der Waals surface area contributed by atoms with Crippen LogP contribution >= 0.6 is 27.7 Å². The first-order valence-electron chi connectivity index (χ1n) is 6.98. The molecule has 0 saturated carbocycles. The van der Waals surface area contributed by atoms with Gasteiger partial charge in [0, 0.05) is 16.4 Å². The Morgan fingerprint density at radius 3 is 2.78 bits per heavy atom.